The summed E-state index contributed by atoms with van der Waals surface area (Å²) in [4.78, 5) is 41.9. The summed E-state index contributed by atoms with van der Waals surface area (Å²) in [6, 6.07) is 16.0. The zero-order valence-electron chi connectivity index (χ0n) is 21.1. The van der Waals surface area contributed by atoms with E-state index >= 15 is 0 Å². The van der Waals surface area contributed by atoms with E-state index in [1.807, 2.05) is 67.6 Å². The number of benzene rings is 2. The van der Waals surface area contributed by atoms with Gasteiger partial charge in [-0.3, -0.25) is 19.1 Å². The Hall–Kier alpha value is -4.96. The van der Waals surface area contributed by atoms with E-state index in [1.54, 1.807) is 46.2 Å². The second kappa shape index (κ2) is 10.1. The highest BCUT2D eigenvalue weighted by Gasteiger charge is 2.24. The maximum Gasteiger partial charge on any atom is 0.266 e. The van der Waals surface area contributed by atoms with E-state index in [0.717, 1.165) is 10.4 Å². The number of rotatable bonds is 6. The van der Waals surface area contributed by atoms with Gasteiger partial charge in [0.25, 0.3) is 11.5 Å². The van der Waals surface area contributed by atoms with Crippen LogP contribution in [0, 0.1) is 6.92 Å². The molecule has 0 radical (unpaired) electrons. The molecular formula is C29H23N7O2S. The molecule has 4 aromatic heterocycles. The van der Waals surface area contributed by atoms with E-state index in [4.69, 9.17) is 4.98 Å². The number of aromatic nitrogens is 6. The normalized spacial score (nSPS) is 12.4. The molecule has 0 unspecified atom stereocenters. The van der Waals surface area contributed by atoms with Gasteiger partial charge >= 0.3 is 0 Å². The van der Waals surface area contributed by atoms with Gasteiger partial charge in [-0.05, 0) is 49.8 Å². The largest absolute Gasteiger partial charge is 0.342 e. The predicted molar refractivity (Wildman–Crippen MR) is 152 cm³/mol. The van der Waals surface area contributed by atoms with Crippen LogP contribution in [0.15, 0.2) is 83.5 Å². The first kappa shape index (κ1) is 24.4. The number of carbonyl (C=O) groups excluding carboxylic acids is 1. The highest BCUT2D eigenvalue weighted by Crippen LogP contribution is 2.23. The van der Waals surface area contributed by atoms with Crippen molar-refractivity contribution in [3.05, 3.63) is 117 Å². The highest BCUT2D eigenvalue weighted by molar-refractivity contribution is 7.10. The van der Waals surface area contributed by atoms with E-state index in [9.17, 15) is 9.59 Å². The topological polar surface area (TPSA) is 107 Å². The molecule has 9 nitrogen and oxygen atoms in total. The molecule has 0 spiro atoms. The van der Waals surface area contributed by atoms with Gasteiger partial charge in [0.15, 0.2) is 5.65 Å². The van der Waals surface area contributed by atoms with Crippen molar-refractivity contribution >= 4 is 45.9 Å². The van der Waals surface area contributed by atoms with Gasteiger partial charge in [-0.25, -0.2) is 14.5 Å². The lowest BCUT2D eigenvalue weighted by molar-refractivity contribution is 0.0938. The Morgan fingerprint density at radius 3 is 2.72 bits per heavy atom. The number of nitrogens with zero attached hydrogens (tertiary/aromatic N) is 6. The second-order valence-electron chi connectivity index (χ2n) is 8.97. The molecule has 0 fully saturated rings. The summed E-state index contributed by atoms with van der Waals surface area (Å²) < 4.78 is 3.14. The zero-order valence-corrected chi connectivity index (χ0v) is 22.0. The van der Waals surface area contributed by atoms with Gasteiger partial charge in [-0.15, -0.1) is 11.3 Å². The van der Waals surface area contributed by atoms with Crippen LogP contribution >= 0.6 is 11.3 Å². The van der Waals surface area contributed by atoms with Gasteiger partial charge in [0.2, 0.25) is 0 Å². The molecule has 4 heterocycles. The molecule has 6 aromatic rings. The minimum atomic E-state index is -0.607. The van der Waals surface area contributed by atoms with Crippen LogP contribution in [0.2, 0.25) is 0 Å². The Morgan fingerprint density at radius 1 is 1.08 bits per heavy atom. The third-order valence-corrected chi connectivity index (χ3v) is 7.12. The number of carbonyl (C=O) groups is 1. The maximum absolute atomic E-state index is 14.1. The molecule has 0 saturated carbocycles. The Kier molecular flexibility index (Phi) is 6.29. The minimum Gasteiger partial charge on any atom is -0.342 e. The molecule has 2 aromatic carbocycles. The molecule has 0 aliphatic rings. The van der Waals surface area contributed by atoms with E-state index in [0.29, 0.717) is 39.3 Å². The van der Waals surface area contributed by atoms with E-state index in [1.165, 1.54) is 11.3 Å². The molecule has 192 valence electrons. The summed E-state index contributed by atoms with van der Waals surface area (Å²) in [5, 5.41) is 7.90. The third kappa shape index (κ3) is 4.51. The summed E-state index contributed by atoms with van der Waals surface area (Å²) in [7, 11) is 0. The van der Waals surface area contributed by atoms with Crippen molar-refractivity contribution in [2.75, 3.05) is 0 Å². The molecule has 0 aliphatic carbocycles. The van der Waals surface area contributed by atoms with Gasteiger partial charge < -0.3 is 5.32 Å². The average molecular weight is 534 g/mol. The second-order valence-corrected chi connectivity index (χ2v) is 9.89. The first-order valence-electron chi connectivity index (χ1n) is 12.3. The quantitative estimate of drug-likeness (QED) is 0.328. The van der Waals surface area contributed by atoms with Gasteiger partial charge in [0.1, 0.15) is 11.4 Å². The van der Waals surface area contributed by atoms with Gasteiger partial charge in [0.05, 0.1) is 33.8 Å². The molecule has 10 heteroatoms. The molecule has 6 rings (SSSR count). The number of nitrogens with one attached hydrogen (secondary N) is 1. The Bertz CT molecular complexity index is 1910. The summed E-state index contributed by atoms with van der Waals surface area (Å²) in [6.45, 7) is 3.58. The van der Waals surface area contributed by atoms with Gasteiger partial charge in [0, 0.05) is 23.5 Å². The molecule has 39 heavy (non-hydrogen) atoms. The molecule has 0 bridgehead atoms. The number of thiazole rings is 1. The smallest absolute Gasteiger partial charge is 0.266 e. The van der Waals surface area contributed by atoms with Gasteiger partial charge in [-0.1, -0.05) is 36.4 Å². The lowest BCUT2D eigenvalue weighted by Gasteiger charge is -2.20. The fourth-order valence-corrected chi connectivity index (χ4v) is 5.12. The van der Waals surface area contributed by atoms with E-state index < -0.39 is 6.04 Å². The third-order valence-electron chi connectivity index (χ3n) is 6.38. The van der Waals surface area contributed by atoms with Crippen molar-refractivity contribution in [3.63, 3.8) is 0 Å². The maximum atomic E-state index is 14.1. The number of hydrogen-bond acceptors (Lipinski definition) is 7. The molecule has 1 N–H and O–H groups in total. The van der Waals surface area contributed by atoms with Crippen molar-refractivity contribution in [1.29, 1.82) is 0 Å². The van der Waals surface area contributed by atoms with E-state index in [-0.39, 0.29) is 11.5 Å². The van der Waals surface area contributed by atoms with Crippen molar-refractivity contribution in [3.8, 4) is 5.69 Å². The van der Waals surface area contributed by atoms with E-state index in [2.05, 4.69) is 20.4 Å². The lowest BCUT2D eigenvalue weighted by atomic mass is 10.1. The predicted octanol–water partition coefficient (Wildman–Crippen LogP) is 4.85. The highest BCUT2D eigenvalue weighted by atomic mass is 32.1. The average Bonchev–Trinajstić information content (AvgIpc) is 3.59. The van der Waals surface area contributed by atoms with Crippen LogP contribution in [-0.4, -0.2) is 35.0 Å². The van der Waals surface area contributed by atoms with Crippen LogP contribution < -0.4 is 10.9 Å². The molecule has 1 amide bonds. The first-order chi connectivity index (χ1) is 19.0. The van der Waals surface area contributed by atoms with Gasteiger partial charge in [-0.2, -0.15) is 5.10 Å². The fourth-order valence-electron chi connectivity index (χ4n) is 4.60. The van der Waals surface area contributed by atoms with Crippen molar-refractivity contribution < 1.29 is 4.79 Å². The van der Waals surface area contributed by atoms with Crippen molar-refractivity contribution in [2.24, 2.45) is 0 Å². The van der Waals surface area contributed by atoms with Crippen molar-refractivity contribution in [2.45, 2.75) is 19.9 Å². The number of fused-ring (bicyclic) bond motifs is 2. The first-order valence-corrected chi connectivity index (χ1v) is 13.2. The lowest BCUT2D eigenvalue weighted by Crippen LogP contribution is -2.33. The summed E-state index contributed by atoms with van der Waals surface area (Å²) in [5.41, 5.74) is 4.89. The molecule has 0 aliphatic heterocycles. The number of amides is 1. The summed E-state index contributed by atoms with van der Waals surface area (Å²) >= 11 is 1.52. The van der Waals surface area contributed by atoms with Crippen LogP contribution in [0.5, 0.6) is 0 Å². The zero-order chi connectivity index (χ0) is 26.9. The Balaban J connectivity index is 1.47. The SMILES string of the molecule is Cc1nn2cccnc2c1C(=O)N[C@@H](C)c1nc2cccc(/C=C/c3cncs3)c2c(=O)n1-c1ccccc1. The summed E-state index contributed by atoms with van der Waals surface area (Å²) in [5.74, 6) is 0.0709. The number of hydrogen-bond donors (Lipinski definition) is 1. The van der Waals surface area contributed by atoms with Crippen LogP contribution in [-0.2, 0) is 0 Å². The van der Waals surface area contributed by atoms with Crippen LogP contribution in [0.1, 0.15) is 45.3 Å². The monoisotopic (exact) mass is 533 g/mol. The van der Waals surface area contributed by atoms with Crippen LogP contribution in [0.25, 0.3) is 34.4 Å². The number of aryl methyl sites for hydroxylation is 1. The molecular weight excluding hydrogens is 510 g/mol. The molecule has 0 saturated heterocycles. The summed E-state index contributed by atoms with van der Waals surface area (Å²) in [6.07, 6.45) is 8.97. The standard InChI is InChI=1S/C29H23N7O2S/c1-18-24(27-31-14-7-15-35(27)34-18)28(37)32-19(2)26-33-23-11-6-8-20(12-13-22-16-30-17-39-22)25(23)29(38)36(26)21-9-4-3-5-10-21/h3-17,19H,1-2H3,(H,32,37)/b13-12+/t19-/m0/s1. The number of para-hydroxylation sites is 1. The Morgan fingerprint density at radius 2 is 1.92 bits per heavy atom. The van der Waals surface area contributed by atoms with Crippen molar-refractivity contribution in [1.82, 2.24) is 34.4 Å². The fraction of sp³-hybridized carbons (Fsp3) is 0.103. The van der Waals surface area contributed by atoms with Crippen LogP contribution in [0.3, 0.4) is 0 Å². The molecule has 1 atom stereocenters. The Labute approximate surface area is 227 Å². The minimum absolute atomic E-state index is 0.222. The van der Waals surface area contributed by atoms with Crippen LogP contribution in [0.4, 0.5) is 0 Å².